The molecule has 4 rings (SSSR count). The van der Waals surface area contributed by atoms with Crippen molar-refractivity contribution in [1.82, 2.24) is 4.98 Å². The van der Waals surface area contributed by atoms with Gasteiger partial charge in [0.25, 0.3) is 0 Å². The monoisotopic (exact) mass is 601 g/mol. The van der Waals surface area contributed by atoms with E-state index in [2.05, 4.69) is 9.72 Å². The number of nitrogens with zero attached hydrogens (tertiary/aromatic N) is 1. The summed E-state index contributed by atoms with van der Waals surface area (Å²) in [5.41, 5.74) is 3.07. The maximum Gasteiger partial charge on any atom is 0.573 e. The number of ether oxygens (including phenoxy) is 3. The molecule has 1 aromatic heterocycles. The Kier molecular flexibility index (Phi) is 6.94. The van der Waals surface area contributed by atoms with Crippen molar-refractivity contribution in [3.05, 3.63) is 71.4 Å². The molecule has 0 unspecified atom stereocenters. The van der Waals surface area contributed by atoms with Crippen molar-refractivity contribution in [2.45, 2.75) is 13.3 Å². The molecular weight excluding hydrogens is 586 g/mol. The summed E-state index contributed by atoms with van der Waals surface area (Å²) in [5, 5.41) is 1.18. The molecule has 0 atom stereocenters. The maximum absolute atomic E-state index is 12.3. The molecule has 0 saturated carbocycles. The first kappa shape index (κ1) is 24.2. The molecule has 176 valence electrons. The Morgan fingerprint density at radius 1 is 0.912 bits per heavy atom. The van der Waals surface area contributed by atoms with E-state index in [1.807, 2.05) is 42.1 Å². The van der Waals surface area contributed by atoms with Crippen molar-refractivity contribution < 1.29 is 30.4 Å². The van der Waals surface area contributed by atoms with Crippen molar-refractivity contribution >= 4 is 45.5 Å². The quantitative estimate of drug-likeness (QED) is 0.208. The highest BCUT2D eigenvalue weighted by Crippen LogP contribution is 2.42. The van der Waals surface area contributed by atoms with Crippen LogP contribution in [0.3, 0.4) is 0 Å². The maximum atomic E-state index is 12.3. The smallest absolute Gasteiger partial charge is 0.495 e. The van der Waals surface area contributed by atoms with E-state index >= 15 is 0 Å². The van der Waals surface area contributed by atoms with Gasteiger partial charge in [0, 0.05) is 22.7 Å². The fourth-order valence-corrected chi connectivity index (χ4v) is 4.16. The molecule has 0 radical (unpaired) electrons. The number of rotatable bonds is 6. The standard InChI is InChI=1S/C24H16ClF3INO4/c1-13-22(23(34-29)18-11-19(25)21(31-2)12-20(18)30-13)14-3-5-15(6-4-14)32-16-7-9-17(10-8-16)33-24(26,27)28/h3-12H,1-2H3. The van der Waals surface area contributed by atoms with Gasteiger partial charge in [0.2, 0.25) is 0 Å². The van der Waals surface area contributed by atoms with Gasteiger partial charge in [-0.25, -0.2) is 0 Å². The van der Waals surface area contributed by atoms with Crippen molar-refractivity contribution in [2.24, 2.45) is 0 Å². The lowest BCUT2D eigenvalue weighted by Gasteiger charge is -2.15. The lowest BCUT2D eigenvalue weighted by Crippen LogP contribution is -2.16. The zero-order chi connectivity index (χ0) is 24.5. The van der Waals surface area contributed by atoms with E-state index in [0.29, 0.717) is 33.5 Å². The summed E-state index contributed by atoms with van der Waals surface area (Å²) in [4.78, 5) is 4.69. The van der Waals surface area contributed by atoms with Crippen LogP contribution in [0, 0.1) is 6.92 Å². The van der Waals surface area contributed by atoms with Crippen molar-refractivity contribution in [3.63, 3.8) is 0 Å². The van der Waals surface area contributed by atoms with Gasteiger partial charge in [0.15, 0.2) is 28.8 Å². The van der Waals surface area contributed by atoms with Crippen molar-refractivity contribution in [2.75, 3.05) is 7.11 Å². The van der Waals surface area contributed by atoms with Crippen LogP contribution < -0.4 is 17.3 Å². The van der Waals surface area contributed by atoms with Crippen molar-refractivity contribution in [1.29, 1.82) is 0 Å². The fraction of sp³-hybridized carbons (Fsp3) is 0.125. The van der Waals surface area contributed by atoms with E-state index in [1.54, 1.807) is 24.3 Å². The summed E-state index contributed by atoms with van der Waals surface area (Å²) >= 11 is 8.14. The van der Waals surface area contributed by atoms with Crippen LogP contribution in [-0.4, -0.2) is 18.5 Å². The normalized spacial score (nSPS) is 11.4. The van der Waals surface area contributed by atoms with E-state index in [9.17, 15) is 13.2 Å². The van der Waals surface area contributed by atoms with Gasteiger partial charge in [-0.2, -0.15) is 0 Å². The highest BCUT2D eigenvalue weighted by Gasteiger charge is 2.31. The lowest BCUT2D eigenvalue weighted by atomic mass is 10.00. The second-order valence-electron chi connectivity index (χ2n) is 7.13. The molecule has 4 aromatic rings. The number of pyridine rings is 1. The van der Waals surface area contributed by atoms with Crippen LogP contribution in [-0.2, 0) is 0 Å². The molecule has 1 heterocycles. The van der Waals surface area contributed by atoms with Crippen LogP contribution in [0.15, 0.2) is 60.7 Å². The average molecular weight is 602 g/mol. The Labute approximate surface area is 212 Å². The van der Waals surface area contributed by atoms with E-state index in [-0.39, 0.29) is 5.75 Å². The Balaban J connectivity index is 1.62. The highest BCUT2D eigenvalue weighted by molar-refractivity contribution is 14.1. The molecule has 0 aliphatic rings. The lowest BCUT2D eigenvalue weighted by molar-refractivity contribution is -0.274. The first-order valence-electron chi connectivity index (χ1n) is 9.79. The number of fused-ring (bicyclic) bond motifs is 1. The fourth-order valence-electron chi connectivity index (χ4n) is 3.46. The van der Waals surface area contributed by atoms with Gasteiger partial charge < -0.3 is 17.3 Å². The predicted octanol–water partition coefficient (Wildman–Crippen LogP) is 8.29. The van der Waals surface area contributed by atoms with Crippen LogP contribution in [0.2, 0.25) is 5.02 Å². The SMILES string of the molecule is COc1cc2nc(C)c(-c3ccc(Oc4ccc(OC(F)(F)F)cc4)cc3)c(OI)c2cc1Cl. The van der Waals surface area contributed by atoms with Crippen LogP contribution in [0.25, 0.3) is 22.0 Å². The Hall–Kier alpha value is -2.92. The van der Waals surface area contributed by atoms with Crippen molar-refractivity contribution in [3.8, 4) is 39.9 Å². The first-order valence-corrected chi connectivity index (χ1v) is 11.0. The summed E-state index contributed by atoms with van der Waals surface area (Å²) in [6.45, 7) is 1.88. The molecule has 0 N–H and O–H groups in total. The molecule has 5 nitrogen and oxygen atoms in total. The number of hydrogen-bond donors (Lipinski definition) is 0. The minimum Gasteiger partial charge on any atom is -0.495 e. The largest absolute Gasteiger partial charge is 0.573 e. The highest BCUT2D eigenvalue weighted by atomic mass is 127. The second kappa shape index (κ2) is 9.75. The van der Waals surface area contributed by atoms with Gasteiger partial charge >= 0.3 is 6.36 Å². The van der Waals surface area contributed by atoms with Crippen LogP contribution in [0.4, 0.5) is 13.2 Å². The third kappa shape index (κ3) is 5.25. The van der Waals surface area contributed by atoms with Gasteiger partial charge in [-0.3, -0.25) is 4.98 Å². The number of hydrogen-bond acceptors (Lipinski definition) is 5. The van der Waals surface area contributed by atoms with E-state index in [0.717, 1.165) is 22.2 Å². The Bertz CT molecular complexity index is 1330. The van der Waals surface area contributed by atoms with Crippen LogP contribution >= 0.6 is 34.6 Å². The molecular formula is C24H16ClF3INO4. The number of halogens is 5. The minimum absolute atomic E-state index is 0.321. The Morgan fingerprint density at radius 2 is 1.50 bits per heavy atom. The molecule has 10 heteroatoms. The first-order chi connectivity index (χ1) is 16.2. The number of benzene rings is 3. The van der Waals surface area contributed by atoms with E-state index < -0.39 is 6.36 Å². The van der Waals surface area contributed by atoms with Gasteiger partial charge in [-0.05, 0) is 55.0 Å². The molecule has 3 aromatic carbocycles. The molecule has 0 aliphatic heterocycles. The number of aryl methyl sites for hydroxylation is 1. The third-order valence-corrected chi connectivity index (χ3v) is 5.64. The van der Waals surface area contributed by atoms with Gasteiger partial charge in [-0.15, -0.1) is 13.2 Å². The molecule has 0 spiro atoms. The summed E-state index contributed by atoms with van der Waals surface area (Å²) in [6, 6.07) is 15.9. The van der Waals surface area contributed by atoms with Gasteiger partial charge in [0.1, 0.15) is 23.0 Å². The summed E-state index contributed by atoms with van der Waals surface area (Å²) in [6.07, 6.45) is -4.74. The minimum atomic E-state index is -4.74. The zero-order valence-electron chi connectivity index (χ0n) is 17.7. The molecule has 34 heavy (non-hydrogen) atoms. The predicted molar refractivity (Wildman–Crippen MR) is 131 cm³/mol. The number of methoxy groups -OCH3 is 1. The molecule has 0 aliphatic carbocycles. The number of aromatic nitrogens is 1. The Morgan fingerprint density at radius 3 is 2.06 bits per heavy atom. The van der Waals surface area contributed by atoms with Gasteiger partial charge in [-0.1, -0.05) is 23.7 Å². The van der Waals surface area contributed by atoms with Crippen LogP contribution in [0.1, 0.15) is 5.69 Å². The van der Waals surface area contributed by atoms with E-state index in [1.165, 1.54) is 31.4 Å². The second-order valence-corrected chi connectivity index (χ2v) is 7.98. The topological polar surface area (TPSA) is 49.8 Å². The van der Waals surface area contributed by atoms with E-state index in [4.69, 9.17) is 24.1 Å². The summed E-state index contributed by atoms with van der Waals surface area (Å²) < 4.78 is 57.5. The van der Waals surface area contributed by atoms with Crippen LogP contribution in [0.5, 0.6) is 28.7 Å². The average Bonchev–Trinajstić information content (AvgIpc) is 2.79. The summed E-state index contributed by atoms with van der Waals surface area (Å²) in [7, 11) is 1.54. The summed E-state index contributed by atoms with van der Waals surface area (Å²) in [5.74, 6) is 1.68. The third-order valence-electron chi connectivity index (χ3n) is 4.90. The molecule has 0 amide bonds. The molecule has 0 fully saturated rings. The number of alkyl halides is 3. The van der Waals surface area contributed by atoms with Gasteiger partial charge in [0.05, 0.1) is 17.6 Å². The molecule has 0 saturated heterocycles. The molecule has 0 bridgehead atoms. The zero-order valence-corrected chi connectivity index (χ0v) is 20.7.